The molecule has 2 aliphatic rings. The molecule has 1 fully saturated rings. The molecule has 2 N–H and O–H groups in total. The van der Waals surface area contributed by atoms with Gasteiger partial charge in [-0.05, 0) is 59.7 Å². The molecule has 1 aromatic heterocycles. The lowest BCUT2D eigenvalue weighted by Crippen LogP contribution is -2.44. The van der Waals surface area contributed by atoms with Gasteiger partial charge in [0.05, 0.1) is 5.41 Å². The summed E-state index contributed by atoms with van der Waals surface area (Å²) in [6.07, 6.45) is 5.49. The van der Waals surface area contributed by atoms with Gasteiger partial charge in [0.2, 0.25) is 5.91 Å². The Morgan fingerprint density at radius 3 is 2.83 bits per heavy atom. The Labute approximate surface area is 114 Å². The summed E-state index contributed by atoms with van der Waals surface area (Å²) in [6.45, 7) is 0. The fourth-order valence-electron chi connectivity index (χ4n) is 2.85. The van der Waals surface area contributed by atoms with E-state index in [1.54, 1.807) is 6.20 Å². The van der Waals surface area contributed by atoms with Gasteiger partial charge in [0.1, 0.15) is 5.82 Å². The van der Waals surface area contributed by atoms with Crippen molar-refractivity contribution in [1.82, 2.24) is 4.98 Å². The first-order chi connectivity index (χ1) is 8.59. The average Bonchev–Trinajstić information content (AvgIpc) is 2.35. The van der Waals surface area contributed by atoms with Gasteiger partial charge in [-0.1, -0.05) is 0 Å². The second kappa shape index (κ2) is 4.16. The van der Waals surface area contributed by atoms with E-state index >= 15 is 0 Å². The standard InChI is InChI=1S/C13H14BrN3O/c14-9-5-8-6-13(3-1-10(15)2-4-13)12(18)17-11(8)16-7-9/h5,7,15H,1-4,6H2,(H,16,17,18). The molecule has 1 amide bonds. The summed E-state index contributed by atoms with van der Waals surface area (Å²) in [7, 11) is 0. The minimum Gasteiger partial charge on any atom is -0.310 e. The van der Waals surface area contributed by atoms with Gasteiger partial charge in [0.15, 0.2) is 0 Å². The lowest BCUT2D eigenvalue weighted by atomic mass is 9.68. The zero-order chi connectivity index (χ0) is 12.8. The van der Waals surface area contributed by atoms with Crippen molar-refractivity contribution in [2.45, 2.75) is 32.1 Å². The predicted molar refractivity (Wildman–Crippen MR) is 72.9 cm³/mol. The Kier molecular flexibility index (Phi) is 2.73. The Balaban J connectivity index is 1.95. The Hall–Kier alpha value is -1.23. The third-order valence-corrected chi connectivity index (χ3v) is 4.42. The predicted octanol–water partition coefficient (Wildman–Crippen LogP) is 2.92. The maximum Gasteiger partial charge on any atom is 0.232 e. The molecule has 2 heterocycles. The Bertz CT molecular complexity index is 531. The smallest absolute Gasteiger partial charge is 0.232 e. The number of carbonyl (C=O) groups excluding carboxylic acids is 1. The van der Waals surface area contributed by atoms with Crippen LogP contribution in [-0.4, -0.2) is 16.6 Å². The van der Waals surface area contributed by atoms with Crippen LogP contribution in [0.25, 0.3) is 0 Å². The average molecular weight is 308 g/mol. The van der Waals surface area contributed by atoms with Crippen LogP contribution in [0.2, 0.25) is 0 Å². The van der Waals surface area contributed by atoms with E-state index in [2.05, 4.69) is 26.2 Å². The van der Waals surface area contributed by atoms with Crippen LogP contribution in [0.3, 0.4) is 0 Å². The van der Waals surface area contributed by atoms with E-state index in [4.69, 9.17) is 5.41 Å². The molecule has 0 unspecified atom stereocenters. The highest BCUT2D eigenvalue weighted by atomic mass is 79.9. The van der Waals surface area contributed by atoms with Gasteiger partial charge in [-0.25, -0.2) is 4.98 Å². The van der Waals surface area contributed by atoms with Crippen molar-refractivity contribution in [1.29, 1.82) is 5.41 Å². The van der Waals surface area contributed by atoms with E-state index < -0.39 is 0 Å². The molecule has 0 aromatic carbocycles. The number of fused-ring (bicyclic) bond motifs is 1. The zero-order valence-electron chi connectivity index (χ0n) is 9.92. The number of nitrogens with one attached hydrogen (secondary N) is 2. The van der Waals surface area contributed by atoms with Crippen molar-refractivity contribution < 1.29 is 4.79 Å². The summed E-state index contributed by atoms with van der Waals surface area (Å²) in [5, 5.41) is 10.6. The molecule has 18 heavy (non-hydrogen) atoms. The van der Waals surface area contributed by atoms with Crippen LogP contribution < -0.4 is 5.32 Å². The van der Waals surface area contributed by atoms with Crippen LogP contribution in [0.5, 0.6) is 0 Å². The first kappa shape index (κ1) is 11.8. The fraction of sp³-hybridized carbons (Fsp3) is 0.462. The molecular formula is C13H14BrN3O. The normalized spacial score (nSPS) is 26.9. The number of rotatable bonds is 0. The van der Waals surface area contributed by atoms with Gasteiger partial charge in [-0.15, -0.1) is 0 Å². The third kappa shape index (κ3) is 1.86. The summed E-state index contributed by atoms with van der Waals surface area (Å²) in [6, 6.07) is 2.03. The number of amides is 1. The second-order valence-corrected chi connectivity index (χ2v) is 6.09. The Morgan fingerprint density at radius 2 is 2.11 bits per heavy atom. The molecule has 5 heteroatoms. The van der Waals surface area contributed by atoms with Crippen molar-refractivity contribution in [3.8, 4) is 0 Å². The molecule has 4 nitrogen and oxygen atoms in total. The molecule has 3 rings (SSSR count). The molecule has 1 aliphatic carbocycles. The number of halogens is 1. The number of aromatic nitrogens is 1. The summed E-state index contributed by atoms with van der Waals surface area (Å²) in [4.78, 5) is 16.5. The quantitative estimate of drug-likeness (QED) is 0.774. The molecule has 94 valence electrons. The SMILES string of the molecule is N=C1CCC2(CC1)Cc1cc(Br)cnc1NC2=O. The molecule has 1 spiro atoms. The molecule has 1 aliphatic heterocycles. The van der Waals surface area contributed by atoms with E-state index in [1.165, 1.54) is 0 Å². The van der Waals surface area contributed by atoms with Crippen LogP contribution in [0.15, 0.2) is 16.7 Å². The number of pyridine rings is 1. The molecule has 0 radical (unpaired) electrons. The van der Waals surface area contributed by atoms with Gasteiger partial charge < -0.3 is 10.7 Å². The molecule has 0 bridgehead atoms. The minimum atomic E-state index is -0.319. The molecule has 0 saturated heterocycles. The van der Waals surface area contributed by atoms with E-state index in [0.717, 1.165) is 47.9 Å². The number of hydrogen-bond donors (Lipinski definition) is 2. The first-order valence-electron chi connectivity index (χ1n) is 6.11. The summed E-state index contributed by atoms with van der Waals surface area (Å²) >= 11 is 3.42. The molecular weight excluding hydrogens is 294 g/mol. The fourth-order valence-corrected chi connectivity index (χ4v) is 3.23. The molecule has 1 aromatic rings. The van der Waals surface area contributed by atoms with E-state index in [9.17, 15) is 4.79 Å². The van der Waals surface area contributed by atoms with Crippen LogP contribution in [0, 0.1) is 10.8 Å². The van der Waals surface area contributed by atoms with Crippen LogP contribution in [0.4, 0.5) is 5.82 Å². The summed E-state index contributed by atoms with van der Waals surface area (Å²) in [5.41, 5.74) is 1.55. The van der Waals surface area contributed by atoms with Gasteiger partial charge >= 0.3 is 0 Å². The Morgan fingerprint density at radius 1 is 1.39 bits per heavy atom. The van der Waals surface area contributed by atoms with E-state index in [0.29, 0.717) is 5.82 Å². The maximum absolute atomic E-state index is 12.3. The van der Waals surface area contributed by atoms with E-state index in [-0.39, 0.29) is 11.3 Å². The van der Waals surface area contributed by atoms with Crippen molar-refractivity contribution in [2.75, 3.05) is 5.32 Å². The first-order valence-corrected chi connectivity index (χ1v) is 6.91. The highest BCUT2D eigenvalue weighted by Crippen LogP contribution is 2.43. The van der Waals surface area contributed by atoms with Gasteiger partial charge in [0, 0.05) is 16.4 Å². The van der Waals surface area contributed by atoms with Crippen LogP contribution in [-0.2, 0) is 11.2 Å². The van der Waals surface area contributed by atoms with Gasteiger partial charge in [0.25, 0.3) is 0 Å². The van der Waals surface area contributed by atoms with Gasteiger partial charge in [-0.3, -0.25) is 4.79 Å². The largest absolute Gasteiger partial charge is 0.310 e. The second-order valence-electron chi connectivity index (χ2n) is 5.18. The number of hydrogen-bond acceptors (Lipinski definition) is 3. The van der Waals surface area contributed by atoms with Gasteiger partial charge in [-0.2, -0.15) is 0 Å². The summed E-state index contributed by atoms with van der Waals surface area (Å²) in [5.74, 6) is 0.770. The molecule has 1 saturated carbocycles. The monoisotopic (exact) mass is 307 g/mol. The van der Waals surface area contributed by atoms with Crippen LogP contribution in [0.1, 0.15) is 31.2 Å². The van der Waals surface area contributed by atoms with Crippen molar-refractivity contribution in [2.24, 2.45) is 5.41 Å². The topological polar surface area (TPSA) is 65.8 Å². The van der Waals surface area contributed by atoms with Crippen molar-refractivity contribution in [3.05, 3.63) is 22.3 Å². The molecule has 0 atom stereocenters. The maximum atomic E-state index is 12.3. The lowest BCUT2D eigenvalue weighted by molar-refractivity contribution is -0.127. The lowest BCUT2D eigenvalue weighted by Gasteiger charge is -2.39. The zero-order valence-corrected chi connectivity index (χ0v) is 11.5. The number of nitrogens with zero attached hydrogens (tertiary/aromatic N) is 1. The number of carbonyl (C=O) groups is 1. The third-order valence-electron chi connectivity index (χ3n) is 3.99. The van der Waals surface area contributed by atoms with Crippen molar-refractivity contribution in [3.63, 3.8) is 0 Å². The minimum absolute atomic E-state index is 0.0809. The number of anilines is 1. The van der Waals surface area contributed by atoms with Crippen molar-refractivity contribution >= 4 is 33.4 Å². The van der Waals surface area contributed by atoms with E-state index in [1.807, 2.05) is 6.07 Å². The highest BCUT2D eigenvalue weighted by molar-refractivity contribution is 9.10. The highest BCUT2D eigenvalue weighted by Gasteiger charge is 2.44. The summed E-state index contributed by atoms with van der Waals surface area (Å²) < 4.78 is 0.941. The van der Waals surface area contributed by atoms with Crippen LogP contribution >= 0.6 is 15.9 Å².